The first-order valence-corrected chi connectivity index (χ1v) is 6.28. The molecule has 2 aromatic rings. The number of aromatic nitrogens is 3. The summed E-state index contributed by atoms with van der Waals surface area (Å²) in [5.41, 5.74) is 4.99. The fraction of sp³-hybridized carbons (Fsp3) is 0.250. The van der Waals surface area contributed by atoms with Crippen molar-refractivity contribution >= 4 is 23.5 Å². The lowest BCUT2D eigenvalue weighted by Crippen LogP contribution is -2.23. The van der Waals surface area contributed by atoms with Crippen LogP contribution in [0.1, 0.15) is 18.4 Å². The third kappa shape index (κ3) is 2.24. The molecule has 1 aromatic heterocycles. The molecule has 0 radical (unpaired) electrons. The van der Waals surface area contributed by atoms with Crippen molar-refractivity contribution in [1.29, 1.82) is 0 Å². The van der Waals surface area contributed by atoms with Gasteiger partial charge in [0.1, 0.15) is 0 Å². The van der Waals surface area contributed by atoms with Crippen molar-refractivity contribution in [3.8, 4) is 0 Å². The van der Waals surface area contributed by atoms with E-state index in [0.29, 0.717) is 12.8 Å². The Morgan fingerprint density at radius 3 is 2.60 bits per heavy atom. The maximum atomic E-state index is 13.9. The van der Waals surface area contributed by atoms with Crippen LogP contribution in [0.2, 0.25) is 5.28 Å². The number of halogens is 3. The lowest BCUT2D eigenvalue weighted by Gasteiger charge is -2.18. The Morgan fingerprint density at radius 1 is 1.20 bits per heavy atom. The van der Waals surface area contributed by atoms with E-state index in [4.69, 9.17) is 17.3 Å². The Morgan fingerprint density at radius 2 is 1.95 bits per heavy atom. The van der Waals surface area contributed by atoms with Crippen LogP contribution in [0.25, 0.3) is 0 Å². The summed E-state index contributed by atoms with van der Waals surface area (Å²) in [4.78, 5) is 11.4. The van der Waals surface area contributed by atoms with Crippen molar-refractivity contribution in [1.82, 2.24) is 15.0 Å². The van der Waals surface area contributed by atoms with Gasteiger partial charge >= 0.3 is 0 Å². The summed E-state index contributed by atoms with van der Waals surface area (Å²) in [6.07, 6.45) is 1.27. The quantitative estimate of drug-likeness (QED) is 0.910. The van der Waals surface area contributed by atoms with Crippen molar-refractivity contribution < 1.29 is 8.78 Å². The number of nitrogens with two attached hydrogens (primary N) is 1. The monoisotopic (exact) mass is 297 g/mol. The van der Waals surface area contributed by atoms with Crippen molar-refractivity contribution in [2.75, 3.05) is 11.1 Å². The first-order valence-electron chi connectivity index (χ1n) is 5.90. The molecular formula is C12H10ClF2N5. The molecule has 0 bridgehead atoms. The van der Waals surface area contributed by atoms with Crippen LogP contribution in [-0.4, -0.2) is 15.0 Å². The number of hydrogen-bond acceptors (Lipinski definition) is 5. The average molecular weight is 298 g/mol. The van der Waals surface area contributed by atoms with Gasteiger partial charge < -0.3 is 11.1 Å². The molecule has 0 atom stereocenters. The van der Waals surface area contributed by atoms with Gasteiger partial charge in [-0.1, -0.05) is 12.1 Å². The second-order valence-electron chi connectivity index (χ2n) is 4.59. The zero-order valence-corrected chi connectivity index (χ0v) is 11.0. The summed E-state index contributed by atoms with van der Waals surface area (Å²) >= 11 is 5.69. The molecule has 0 unspecified atom stereocenters. The molecule has 20 heavy (non-hydrogen) atoms. The minimum absolute atomic E-state index is 0.0389. The van der Waals surface area contributed by atoms with Crippen LogP contribution < -0.4 is 11.1 Å². The van der Waals surface area contributed by atoms with Crippen molar-refractivity contribution in [2.24, 2.45) is 0 Å². The molecular weight excluding hydrogens is 288 g/mol. The van der Waals surface area contributed by atoms with Crippen LogP contribution in [0.4, 0.5) is 20.7 Å². The molecule has 3 rings (SSSR count). The predicted octanol–water partition coefficient (Wildman–Crippen LogP) is 2.49. The topological polar surface area (TPSA) is 76.7 Å². The van der Waals surface area contributed by atoms with Crippen LogP contribution in [-0.2, 0) is 5.54 Å². The Hall–Kier alpha value is -2.02. The van der Waals surface area contributed by atoms with E-state index in [1.165, 1.54) is 12.1 Å². The van der Waals surface area contributed by atoms with Gasteiger partial charge in [0.15, 0.2) is 11.6 Å². The van der Waals surface area contributed by atoms with Crippen LogP contribution >= 0.6 is 11.6 Å². The molecule has 1 saturated carbocycles. The smallest absolute Gasteiger partial charge is 0.229 e. The Balaban J connectivity index is 1.95. The van der Waals surface area contributed by atoms with E-state index >= 15 is 0 Å². The van der Waals surface area contributed by atoms with Crippen LogP contribution in [0.3, 0.4) is 0 Å². The second kappa shape index (κ2) is 4.52. The zero-order valence-electron chi connectivity index (χ0n) is 10.2. The molecule has 0 spiro atoms. The fourth-order valence-electron chi connectivity index (χ4n) is 2.10. The molecule has 1 aliphatic rings. The summed E-state index contributed by atoms with van der Waals surface area (Å²) in [7, 11) is 0. The first kappa shape index (κ1) is 13.0. The third-order valence-corrected chi connectivity index (χ3v) is 3.36. The molecule has 1 aromatic carbocycles. The molecule has 0 aliphatic heterocycles. The number of nitrogens with one attached hydrogen (secondary N) is 1. The fourth-order valence-corrected chi connectivity index (χ4v) is 2.26. The SMILES string of the molecule is Nc1nc(Cl)nc(NC2(c3cccc(F)c3F)CC2)n1. The molecule has 0 saturated heterocycles. The van der Waals surface area contributed by atoms with Crippen molar-refractivity contribution in [3.05, 3.63) is 40.7 Å². The first-order chi connectivity index (χ1) is 9.50. The summed E-state index contributed by atoms with van der Waals surface area (Å²) in [5, 5.41) is 2.90. The molecule has 3 N–H and O–H groups in total. The highest BCUT2D eigenvalue weighted by Gasteiger charge is 2.47. The average Bonchev–Trinajstić information content (AvgIpc) is 3.12. The van der Waals surface area contributed by atoms with Crippen molar-refractivity contribution in [3.63, 3.8) is 0 Å². The van der Waals surface area contributed by atoms with E-state index in [2.05, 4.69) is 20.3 Å². The van der Waals surface area contributed by atoms with Gasteiger partial charge in [0.25, 0.3) is 0 Å². The lowest BCUT2D eigenvalue weighted by atomic mass is 10.0. The molecule has 1 fully saturated rings. The maximum Gasteiger partial charge on any atom is 0.229 e. The molecule has 1 heterocycles. The number of benzene rings is 1. The van der Waals surface area contributed by atoms with E-state index in [1.54, 1.807) is 0 Å². The molecule has 1 aliphatic carbocycles. The van der Waals surface area contributed by atoms with E-state index in [1.807, 2.05) is 0 Å². The lowest BCUT2D eigenvalue weighted by molar-refractivity contribution is 0.490. The van der Waals surface area contributed by atoms with Crippen molar-refractivity contribution in [2.45, 2.75) is 18.4 Å². The molecule has 0 amide bonds. The van der Waals surface area contributed by atoms with Crippen LogP contribution in [0.15, 0.2) is 18.2 Å². The highest BCUT2D eigenvalue weighted by molar-refractivity contribution is 6.28. The Kier molecular flexibility index (Phi) is 2.93. The van der Waals surface area contributed by atoms with Gasteiger partial charge in [0, 0.05) is 5.56 Å². The number of nitrogen functional groups attached to an aromatic ring is 1. The van der Waals surface area contributed by atoms with Gasteiger partial charge in [-0.2, -0.15) is 15.0 Å². The van der Waals surface area contributed by atoms with Crippen LogP contribution in [0, 0.1) is 11.6 Å². The number of anilines is 2. The van der Waals surface area contributed by atoms with Gasteiger partial charge in [-0.25, -0.2) is 8.78 Å². The summed E-state index contributed by atoms with van der Waals surface area (Å²) < 4.78 is 27.2. The minimum atomic E-state index is -0.885. The van der Waals surface area contributed by atoms with E-state index < -0.39 is 17.2 Å². The van der Waals surface area contributed by atoms with E-state index in [-0.39, 0.29) is 22.7 Å². The number of rotatable bonds is 3. The summed E-state index contributed by atoms with van der Waals surface area (Å²) in [5.74, 6) is -1.65. The maximum absolute atomic E-state index is 13.9. The molecule has 5 nitrogen and oxygen atoms in total. The molecule has 104 valence electrons. The van der Waals surface area contributed by atoms with Gasteiger partial charge in [-0.05, 0) is 30.5 Å². The summed E-state index contributed by atoms with van der Waals surface area (Å²) in [6, 6.07) is 4.07. The van der Waals surface area contributed by atoms with Crippen LogP contribution in [0.5, 0.6) is 0 Å². The minimum Gasteiger partial charge on any atom is -0.368 e. The highest BCUT2D eigenvalue weighted by atomic mass is 35.5. The highest BCUT2D eigenvalue weighted by Crippen LogP contribution is 2.48. The van der Waals surface area contributed by atoms with E-state index in [9.17, 15) is 8.78 Å². The van der Waals surface area contributed by atoms with Gasteiger partial charge in [0.2, 0.25) is 17.2 Å². The Bertz CT molecular complexity index is 655. The second-order valence-corrected chi connectivity index (χ2v) is 4.93. The zero-order chi connectivity index (χ0) is 14.3. The van der Waals surface area contributed by atoms with Gasteiger partial charge in [-0.15, -0.1) is 0 Å². The molecule has 8 heteroatoms. The van der Waals surface area contributed by atoms with Gasteiger partial charge in [-0.3, -0.25) is 0 Å². The largest absolute Gasteiger partial charge is 0.368 e. The normalized spacial score (nSPS) is 15.9. The van der Waals surface area contributed by atoms with Gasteiger partial charge in [0.05, 0.1) is 5.54 Å². The Labute approximate surface area is 118 Å². The summed E-state index contributed by atoms with van der Waals surface area (Å²) in [6.45, 7) is 0. The predicted molar refractivity (Wildman–Crippen MR) is 70.1 cm³/mol. The number of hydrogen-bond donors (Lipinski definition) is 2. The number of nitrogens with zero attached hydrogens (tertiary/aromatic N) is 3. The van der Waals surface area contributed by atoms with E-state index in [0.717, 1.165) is 6.07 Å². The third-order valence-electron chi connectivity index (χ3n) is 3.19. The standard InChI is InChI=1S/C12H10ClF2N5/c13-9-17-10(16)19-11(18-9)20-12(4-5-12)6-2-1-3-7(14)8(6)15/h1-3H,4-5H2,(H3,16,17,18,19,20).